The van der Waals surface area contributed by atoms with Crippen molar-refractivity contribution in [2.45, 2.75) is 32.2 Å². The van der Waals surface area contributed by atoms with Crippen molar-refractivity contribution in [3.8, 4) is 5.75 Å². The van der Waals surface area contributed by atoms with Crippen LogP contribution in [0.3, 0.4) is 0 Å². The molecule has 1 unspecified atom stereocenters. The van der Waals surface area contributed by atoms with Gasteiger partial charge in [-0.15, -0.1) is 0 Å². The maximum Gasteiger partial charge on any atom is 0.307 e. The number of anilines is 1. The van der Waals surface area contributed by atoms with Gasteiger partial charge in [-0.05, 0) is 30.7 Å². The van der Waals surface area contributed by atoms with Crippen molar-refractivity contribution in [3.05, 3.63) is 24.3 Å². The summed E-state index contributed by atoms with van der Waals surface area (Å²) in [6.45, 7) is 3.31. The molecular formula is C19H27N3O5. The Labute approximate surface area is 159 Å². The van der Waals surface area contributed by atoms with Gasteiger partial charge in [-0.1, -0.05) is 13.3 Å². The van der Waals surface area contributed by atoms with Crippen molar-refractivity contribution in [3.63, 3.8) is 0 Å². The number of unbranched alkanes of at least 4 members (excludes halogenated alkanes) is 1. The molecule has 1 aliphatic heterocycles. The fourth-order valence-corrected chi connectivity index (χ4v) is 2.78. The number of benzene rings is 1. The van der Waals surface area contributed by atoms with Crippen LogP contribution < -0.4 is 15.4 Å². The van der Waals surface area contributed by atoms with Crippen LogP contribution in [0, 0.1) is 0 Å². The van der Waals surface area contributed by atoms with Crippen molar-refractivity contribution in [1.29, 1.82) is 0 Å². The second-order valence-electron chi connectivity index (χ2n) is 6.33. The molecule has 27 heavy (non-hydrogen) atoms. The molecule has 1 saturated heterocycles. The molecule has 0 aromatic heterocycles. The Morgan fingerprint density at radius 1 is 1.30 bits per heavy atom. The Hall–Kier alpha value is -2.61. The zero-order valence-corrected chi connectivity index (χ0v) is 15.8. The molecule has 0 radical (unpaired) electrons. The van der Waals surface area contributed by atoms with Crippen LogP contribution in [-0.4, -0.2) is 62.1 Å². The average molecular weight is 377 g/mol. The molecule has 2 N–H and O–H groups in total. The molecule has 2 amide bonds. The van der Waals surface area contributed by atoms with Crippen LogP contribution in [0.15, 0.2) is 24.3 Å². The topological polar surface area (TPSA) is 97.0 Å². The zero-order chi connectivity index (χ0) is 19.6. The first kappa shape index (κ1) is 20.7. The fourth-order valence-electron chi connectivity index (χ4n) is 2.78. The van der Waals surface area contributed by atoms with E-state index in [2.05, 4.69) is 10.6 Å². The van der Waals surface area contributed by atoms with Crippen molar-refractivity contribution >= 4 is 23.5 Å². The van der Waals surface area contributed by atoms with E-state index >= 15 is 0 Å². The van der Waals surface area contributed by atoms with E-state index in [9.17, 15) is 14.4 Å². The van der Waals surface area contributed by atoms with Crippen molar-refractivity contribution in [2.75, 3.05) is 38.7 Å². The summed E-state index contributed by atoms with van der Waals surface area (Å²) in [4.78, 5) is 38.2. The third kappa shape index (κ3) is 6.56. The summed E-state index contributed by atoms with van der Waals surface area (Å²) in [5, 5.41) is 5.52. The summed E-state index contributed by atoms with van der Waals surface area (Å²) in [5.74, 6) is -0.237. The van der Waals surface area contributed by atoms with Crippen LogP contribution in [0.5, 0.6) is 5.75 Å². The molecule has 1 fully saturated rings. The molecule has 1 atom stereocenters. The highest BCUT2D eigenvalue weighted by atomic mass is 16.5. The number of nitrogens with zero attached hydrogens (tertiary/aromatic N) is 1. The second kappa shape index (κ2) is 10.5. The molecule has 0 saturated carbocycles. The minimum absolute atomic E-state index is 0.0202. The van der Waals surface area contributed by atoms with E-state index in [1.165, 1.54) is 0 Å². The number of nitrogens with one attached hydrogen (secondary N) is 2. The number of methoxy groups -OCH3 is 1. The van der Waals surface area contributed by atoms with E-state index in [0.717, 1.165) is 12.8 Å². The van der Waals surface area contributed by atoms with Crippen LogP contribution in [0.25, 0.3) is 0 Å². The molecule has 0 spiro atoms. The lowest BCUT2D eigenvalue weighted by Crippen LogP contribution is -2.57. The highest BCUT2D eigenvalue weighted by Crippen LogP contribution is 2.16. The van der Waals surface area contributed by atoms with Gasteiger partial charge in [0.25, 0.3) is 0 Å². The Bertz CT molecular complexity index is 647. The lowest BCUT2D eigenvalue weighted by atomic mass is 10.1. The highest BCUT2D eigenvalue weighted by molar-refractivity contribution is 5.93. The van der Waals surface area contributed by atoms with E-state index in [0.29, 0.717) is 31.1 Å². The molecule has 1 aromatic carbocycles. The lowest BCUT2D eigenvalue weighted by Gasteiger charge is -2.33. The minimum atomic E-state index is -0.700. The molecular weight excluding hydrogens is 350 g/mol. The predicted molar refractivity (Wildman–Crippen MR) is 100 cm³/mol. The van der Waals surface area contributed by atoms with Gasteiger partial charge in [-0.25, -0.2) is 0 Å². The van der Waals surface area contributed by atoms with Crippen molar-refractivity contribution in [2.24, 2.45) is 0 Å². The summed E-state index contributed by atoms with van der Waals surface area (Å²) in [6.07, 6.45) is 1.65. The molecule has 148 valence electrons. The first-order valence-corrected chi connectivity index (χ1v) is 9.14. The van der Waals surface area contributed by atoms with Crippen LogP contribution in [0.1, 0.15) is 26.2 Å². The largest absolute Gasteiger partial charge is 0.497 e. The van der Waals surface area contributed by atoms with Gasteiger partial charge in [-0.3, -0.25) is 19.3 Å². The number of ether oxygens (including phenoxy) is 2. The number of esters is 1. The molecule has 8 heteroatoms. The van der Waals surface area contributed by atoms with Crippen molar-refractivity contribution < 1.29 is 23.9 Å². The summed E-state index contributed by atoms with van der Waals surface area (Å²) in [5.41, 5.74) is 0.637. The van der Waals surface area contributed by atoms with Gasteiger partial charge in [0.2, 0.25) is 11.8 Å². The number of amides is 2. The number of hydrogen-bond acceptors (Lipinski definition) is 6. The number of carbonyl (C=O) groups is 3. The van der Waals surface area contributed by atoms with Crippen LogP contribution >= 0.6 is 0 Å². The molecule has 8 nitrogen and oxygen atoms in total. The van der Waals surface area contributed by atoms with E-state index in [1.807, 2.05) is 6.92 Å². The molecule has 1 aromatic rings. The maximum atomic E-state index is 12.4. The predicted octanol–water partition coefficient (Wildman–Crippen LogP) is 1.17. The second-order valence-corrected chi connectivity index (χ2v) is 6.33. The van der Waals surface area contributed by atoms with Gasteiger partial charge in [0, 0.05) is 18.8 Å². The van der Waals surface area contributed by atoms with Crippen molar-refractivity contribution in [1.82, 2.24) is 10.2 Å². The smallest absolute Gasteiger partial charge is 0.307 e. The highest BCUT2D eigenvalue weighted by Gasteiger charge is 2.33. The number of piperazine rings is 1. The summed E-state index contributed by atoms with van der Waals surface area (Å²) in [7, 11) is 1.57. The summed E-state index contributed by atoms with van der Waals surface area (Å²) < 4.78 is 10.2. The van der Waals surface area contributed by atoms with Gasteiger partial charge in [0.15, 0.2) is 0 Å². The maximum absolute atomic E-state index is 12.4. The first-order valence-electron chi connectivity index (χ1n) is 9.14. The lowest BCUT2D eigenvalue weighted by molar-refractivity contribution is -0.149. The standard InChI is InChI=1S/C19H27N3O5/c1-3-4-11-27-18(24)12-16-19(25)20-9-10-22(16)13-17(23)21-14-5-7-15(26-2)8-6-14/h5-8,16H,3-4,9-13H2,1-2H3,(H,20,25)(H,21,23). The van der Waals surface area contributed by atoms with E-state index < -0.39 is 12.0 Å². The summed E-state index contributed by atoms with van der Waals surface area (Å²) >= 11 is 0. The minimum Gasteiger partial charge on any atom is -0.497 e. The third-order valence-electron chi connectivity index (χ3n) is 4.28. The van der Waals surface area contributed by atoms with Gasteiger partial charge >= 0.3 is 5.97 Å². The number of hydrogen-bond donors (Lipinski definition) is 2. The first-order chi connectivity index (χ1) is 13.0. The molecule has 2 rings (SSSR count). The van der Waals surface area contributed by atoms with Gasteiger partial charge < -0.3 is 20.1 Å². The molecule has 1 aliphatic rings. The van der Waals surface area contributed by atoms with Crippen LogP contribution in [-0.2, 0) is 19.1 Å². The SMILES string of the molecule is CCCCOC(=O)CC1C(=O)NCCN1CC(=O)Nc1ccc(OC)cc1. The van der Waals surface area contributed by atoms with E-state index in [1.54, 1.807) is 36.3 Å². The van der Waals surface area contributed by atoms with E-state index in [-0.39, 0.29) is 24.8 Å². The average Bonchev–Trinajstić information content (AvgIpc) is 2.65. The number of rotatable bonds is 9. The molecule has 0 bridgehead atoms. The monoisotopic (exact) mass is 377 g/mol. The van der Waals surface area contributed by atoms with Crippen LogP contribution in [0.4, 0.5) is 5.69 Å². The molecule has 1 heterocycles. The zero-order valence-electron chi connectivity index (χ0n) is 15.8. The van der Waals surface area contributed by atoms with E-state index in [4.69, 9.17) is 9.47 Å². The van der Waals surface area contributed by atoms with Gasteiger partial charge in [-0.2, -0.15) is 0 Å². The Morgan fingerprint density at radius 2 is 2.04 bits per heavy atom. The Balaban J connectivity index is 1.91. The van der Waals surface area contributed by atoms with Gasteiger partial charge in [0.05, 0.1) is 26.7 Å². The molecule has 0 aliphatic carbocycles. The van der Waals surface area contributed by atoms with Gasteiger partial charge in [0.1, 0.15) is 11.8 Å². The van der Waals surface area contributed by atoms with Crippen LogP contribution in [0.2, 0.25) is 0 Å². The number of carbonyl (C=O) groups excluding carboxylic acids is 3. The fraction of sp³-hybridized carbons (Fsp3) is 0.526. The quantitative estimate of drug-likeness (QED) is 0.495. The Kier molecular flexibility index (Phi) is 8.06. The normalized spacial score (nSPS) is 17.1. The summed E-state index contributed by atoms with van der Waals surface area (Å²) in [6, 6.07) is 6.28. The third-order valence-corrected chi connectivity index (χ3v) is 4.28. The Morgan fingerprint density at radius 3 is 2.70 bits per heavy atom.